The molecule has 6 heteroatoms. The minimum Gasteiger partial charge on any atom is -1.00 e. The molecule has 0 N–H and O–H groups in total. The molecule has 168 valence electrons. The van der Waals surface area contributed by atoms with E-state index in [4.69, 9.17) is 27.9 Å². The molecule has 0 amide bonds. The highest BCUT2D eigenvalue weighted by molar-refractivity contribution is 6.36. The number of quaternary nitrogens is 1. The predicted molar refractivity (Wildman–Crippen MR) is 121 cm³/mol. The largest absolute Gasteiger partial charge is 1.00 e. The summed E-state index contributed by atoms with van der Waals surface area (Å²) in [6.45, 7) is 4.79. The minimum absolute atomic E-state index is 0. The van der Waals surface area contributed by atoms with Crippen LogP contribution in [-0.4, -0.2) is 44.6 Å². The van der Waals surface area contributed by atoms with Crippen LogP contribution in [-0.2, 0) is 0 Å². The third-order valence-electron chi connectivity index (χ3n) is 5.22. The van der Waals surface area contributed by atoms with Gasteiger partial charge in [-0.2, -0.15) is 0 Å². The number of aldehydes is 1. The first-order chi connectivity index (χ1) is 13.4. The number of unbranched alkanes of at least 4 members (excludes halogenated alkanes) is 9. The highest BCUT2D eigenvalue weighted by Gasteiger charge is 2.16. The molecule has 0 aliphatic heterocycles. The van der Waals surface area contributed by atoms with Crippen molar-refractivity contribution in [1.82, 2.24) is 0 Å². The van der Waals surface area contributed by atoms with Gasteiger partial charge in [0.2, 0.25) is 0 Å². The first-order valence-electron chi connectivity index (χ1n) is 10.8. The van der Waals surface area contributed by atoms with Crippen molar-refractivity contribution in [3.05, 3.63) is 27.7 Å². The molecular formula is C23H38Cl3NO2. The van der Waals surface area contributed by atoms with Gasteiger partial charge in [-0.05, 0) is 25.0 Å². The van der Waals surface area contributed by atoms with Crippen LogP contribution in [0.4, 0.5) is 0 Å². The number of benzene rings is 1. The molecule has 1 aromatic carbocycles. The Hall–Kier alpha value is -0.480. The first-order valence-corrected chi connectivity index (χ1v) is 11.5. The molecular weight excluding hydrogens is 429 g/mol. The topological polar surface area (TPSA) is 26.3 Å². The summed E-state index contributed by atoms with van der Waals surface area (Å²) in [6.07, 6.45) is 14.3. The number of likely N-dealkylation sites (N-methyl/N-ethyl adjacent to an activating group) is 1. The predicted octanol–water partition coefficient (Wildman–Crippen LogP) is 4.19. The second kappa shape index (κ2) is 16.2. The van der Waals surface area contributed by atoms with Gasteiger partial charge in [-0.15, -0.1) is 0 Å². The lowest BCUT2D eigenvalue weighted by molar-refractivity contribution is -0.890. The van der Waals surface area contributed by atoms with Crippen LogP contribution in [0.15, 0.2) is 12.1 Å². The Morgan fingerprint density at radius 3 is 2.00 bits per heavy atom. The van der Waals surface area contributed by atoms with Crippen LogP contribution >= 0.6 is 23.2 Å². The minimum atomic E-state index is 0. The Morgan fingerprint density at radius 2 is 1.45 bits per heavy atom. The Labute approximate surface area is 194 Å². The summed E-state index contributed by atoms with van der Waals surface area (Å²) in [4.78, 5) is 11.2. The van der Waals surface area contributed by atoms with Crippen LogP contribution in [0, 0.1) is 0 Å². The molecule has 0 saturated carbocycles. The molecule has 0 spiro atoms. The Kier molecular flexibility index (Phi) is 16.0. The molecule has 0 aliphatic rings. The molecule has 0 heterocycles. The van der Waals surface area contributed by atoms with Crippen molar-refractivity contribution >= 4 is 29.5 Å². The van der Waals surface area contributed by atoms with Crippen LogP contribution in [0.3, 0.4) is 0 Å². The van der Waals surface area contributed by atoms with E-state index in [1.54, 1.807) is 12.1 Å². The zero-order valence-corrected chi connectivity index (χ0v) is 20.6. The second-order valence-corrected chi connectivity index (χ2v) is 9.18. The van der Waals surface area contributed by atoms with Gasteiger partial charge in [-0.1, -0.05) is 81.5 Å². The lowest BCUT2D eigenvalue weighted by atomic mass is 10.1. The lowest BCUT2D eigenvalue weighted by Crippen LogP contribution is -3.00. The van der Waals surface area contributed by atoms with Gasteiger partial charge in [0.1, 0.15) is 18.9 Å². The molecule has 0 aliphatic carbocycles. The van der Waals surface area contributed by atoms with Crippen molar-refractivity contribution in [3.8, 4) is 5.75 Å². The van der Waals surface area contributed by atoms with Crippen molar-refractivity contribution in [1.29, 1.82) is 0 Å². The molecule has 29 heavy (non-hydrogen) atoms. The van der Waals surface area contributed by atoms with E-state index in [0.29, 0.717) is 28.0 Å². The van der Waals surface area contributed by atoms with E-state index < -0.39 is 0 Å². The Balaban J connectivity index is 0.00000784. The molecule has 0 fully saturated rings. The number of nitrogens with zero attached hydrogens (tertiary/aromatic N) is 1. The fourth-order valence-electron chi connectivity index (χ4n) is 3.35. The maximum atomic E-state index is 11.2. The number of carbonyl (C=O) groups excluding carboxylic acids is 1. The van der Waals surface area contributed by atoms with Crippen molar-refractivity contribution in [3.63, 3.8) is 0 Å². The average molecular weight is 467 g/mol. The van der Waals surface area contributed by atoms with Gasteiger partial charge in [0, 0.05) is 5.02 Å². The summed E-state index contributed by atoms with van der Waals surface area (Å²) >= 11 is 12.1. The van der Waals surface area contributed by atoms with Crippen LogP contribution < -0.4 is 17.1 Å². The van der Waals surface area contributed by atoms with E-state index in [0.717, 1.165) is 23.9 Å². The highest BCUT2D eigenvalue weighted by Crippen LogP contribution is 2.31. The van der Waals surface area contributed by atoms with Crippen molar-refractivity contribution in [2.45, 2.75) is 71.1 Å². The maximum absolute atomic E-state index is 11.2. The van der Waals surface area contributed by atoms with Crippen LogP contribution in [0.5, 0.6) is 5.75 Å². The molecule has 0 saturated heterocycles. The highest BCUT2D eigenvalue weighted by atomic mass is 35.5. The summed E-state index contributed by atoms with van der Waals surface area (Å²) in [7, 11) is 4.45. The third-order valence-corrected chi connectivity index (χ3v) is 5.72. The molecule has 1 rings (SSSR count). The summed E-state index contributed by atoms with van der Waals surface area (Å²) in [6, 6.07) is 3.19. The number of hydrogen-bond donors (Lipinski definition) is 0. The molecule has 0 radical (unpaired) electrons. The summed E-state index contributed by atoms with van der Waals surface area (Å²) in [5, 5.41) is 0.825. The standard InChI is InChI=1S/C23H38Cl2NO2.ClH/c1-4-5-6-7-8-9-10-11-12-13-14-26(2,3)15-16-28-23-20(19-27)17-21(24)18-22(23)25;/h17-19H,4-16H2,1-3H3;1H/q+1;/p-1. The summed E-state index contributed by atoms with van der Waals surface area (Å²) in [5.74, 6) is 0.431. The van der Waals surface area contributed by atoms with E-state index in [1.165, 1.54) is 64.2 Å². The van der Waals surface area contributed by atoms with E-state index >= 15 is 0 Å². The molecule has 3 nitrogen and oxygen atoms in total. The molecule has 1 aromatic rings. The van der Waals surface area contributed by atoms with Crippen molar-refractivity contribution in [2.24, 2.45) is 0 Å². The SMILES string of the molecule is CCCCCCCCCCCC[N+](C)(C)CCOc1c(Cl)cc(Cl)cc1C=O.[Cl-]. The number of hydrogen-bond acceptors (Lipinski definition) is 2. The lowest BCUT2D eigenvalue weighted by Gasteiger charge is -2.30. The quantitative estimate of drug-likeness (QED) is 0.207. The normalized spacial score (nSPS) is 11.2. The fourth-order valence-corrected chi connectivity index (χ4v) is 3.92. The van der Waals surface area contributed by atoms with Crippen molar-refractivity contribution in [2.75, 3.05) is 33.8 Å². The monoisotopic (exact) mass is 465 g/mol. The van der Waals surface area contributed by atoms with Crippen LogP contribution in [0.1, 0.15) is 81.5 Å². The maximum Gasteiger partial charge on any atom is 0.153 e. The Morgan fingerprint density at radius 1 is 0.897 bits per heavy atom. The second-order valence-electron chi connectivity index (χ2n) is 8.34. The molecule has 0 unspecified atom stereocenters. The van der Waals surface area contributed by atoms with Gasteiger partial charge in [-0.25, -0.2) is 0 Å². The zero-order valence-electron chi connectivity index (χ0n) is 18.3. The van der Waals surface area contributed by atoms with Gasteiger partial charge < -0.3 is 21.6 Å². The zero-order chi connectivity index (χ0) is 20.8. The number of halogens is 3. The summed E-state index contributed by atoms with van der Waals surface area (Å²) < 4.78 is 6.71. The van der Waals surface area contributed by atoms with Gasteiger partial charge in [-0.3, -0.25) is 4.79 Å². The van der Waals surface area contributed by atoms with E-state index in [-0.39, 0.29) is 12.4 Å². The van der Waals surface area contributed by atoms with Crippen molar-refractivity contribution < 1.29 is 26.4 Å². The van der Waals surface area contributed by atoms with Crippen LogP contribution in [0.25, 0.3) is 0 Å². The van der Waals surface area contributed by atoms with Gasteiger partial charge in [0.15, 0.2) is 6.29 Å². The fraction of sp³-hybridized carbons (Fsp3) is 0.696. The Bertz CT molecular complexity index is 579. The van der Waals surface area contributed by atoms with Gasteiger partial charge >= 0.3 is 0 Å². The van der Waals surface area contributed by atoms with Gasteiger partial charge in [0.25, 0.3) is 0 Å². The van der Waals surface area contributed by atoms with Crippen LogP contribution in [0.2, 0.25) is 10.0 Å². The van der Waals surface area contributed by atoms with E-state index in [2.05, 4.69) is 21.0 Å². The first kappa shape index (κ1) is 28.5. The number of ether oxygens (including phenoxy) is 1. The average Bonchev–Trinajstić information content (AvgIpc) is 2.64. The van der Waals surface area contributed by atoms with E-state index in [1.807, 2.05) is 0 Å². The molecule has 0 aromatic heterocycles. The summed E-state index contributed by atoms with van der Waals surface area (Å²) in [5.41, 5.74) is 0.400. The van der Waals surface area contributed by atoms with Gasteiger partial charge in [0.05, 0.1) is 31.2 Å². The number of rotatable bonds is 16. The number of carbonyl (C=O) groups is 1. The smallest absolute Gasteiger partial charge is 0.153 e. The molecule has 0 atom stereocenters. The third kappa shape index (κ3) is 12.7. The van der Waals surface area contributed by atoms with E-state index in [9.17, 15) is 4.79 Å². The molecule has 0 bridgehead atoms.